The molecule has 126 valence electrons. The maximum atomic E-state index is 12.2. The quantitative estimate of drug-likeness (QED) is 0.744. The number of anilines is 1. The molecule has 0 atom stereocenters. The molecule has 0 saturated heterocycles. The summed E-state index contributed by atoms with van der Waals surface area (Å²) in [6.07, 6.45) is 0. The second kappa shape index (κ2) is 6.28. The molecule has 1 aliphatic rings. The van der Waals surface area contributed by atoms with Crippen molar-refractivity contribution in [2.75, 3.05) is 32.5 Å². The van der Waals surface area contributed by atoms with E-state index >= 15 is 0 Å². The van der Waals surface area contributed by atoms with Crippen LogP contribution in [0.3, 0.4) is 0 Å². The summed E-state index contributed by atoms with van der Waals surface area (Å²) in [5.74, 6) is -1.28. The van der Waals surface area contributed by atoms with Crippen LogP contribution in [0.4, 0.5) is 5.69 Å². The minimum atomic E-state index is -0.641. The van der Waals surface area contributed by atoms with Crippen molar-refractivity contribution in [3.63, 3.8) is 0 Å². The Hall–Kier alpha value is -2.94. The minimum Gasteiger partial charge on any atom is -0.466 e. The van der Waals surface area contributed by atoms with E-state index in [-0.39, 0.29) is 24.6 Å². The monoisotopic (exact) mass is 332 g/mol. The molecule has 0 fully saturated rings. The maximum absolute atomic E-state index is 12.2. The topological polar surface area (TPSA) is 95.8 Å². The Kier molecular flexibility index (Phi) is 4.17. The summed E-state index contributed by atoms with van der Waals surface area (Å²) in [6, 6.07) is 5.37. The largest absolute Gasteiger partial charge is 0.466 e. The van der Waals surface area contributed by atoms with Gasteiger partial charge in [-0.05, 0) is 18.2 Å². The van der Waals surface area contributed by atoms with Gasteiger partial charge in [0.2, 0.25) is 0 Å². The smallest absolute Gasteiger partial charge is 0.355 e. The Balaban J connectivity index is 2.11. The molecule has 2 heterocycles. The van der Waals surface area contributed by atoms with Crippen molar-refractivity contribution in [3.8, 4) is 0 Å². The third kappa shape index (κ3) is 2.58. The van der Waals surface area contributed by atoms with Gasteiger partial charge in [0, 0.05) is 12.7 Å². The number of carbonyl (C=O) groups is 2. The summed E-state index contributed by atoms with van der Waals surface area (Å²) in [5, 5.41) is 8.00. The highest BCUT2D eigenvalue weighted by Crippen LogP contribution is 2.28. The van der Waals surface area contributed by atoms with Crippen LogP contribution in [-0.2, 0) is 30.8 Å². The molecule has 0 amide bonds. The first-order chi connectivity index (χ1) is 11.6. The van der Waals surface area contributed by atoms with Crippen LogP contribution in [0.25, 0.3) is 11.0 Å². The Morgan fingerprint density at radius 3 is 2.67 bits per heavy atom. The molecule has 9 nitrogen and oxygen atoms in total. The van der Waals surface area contributed by atoms with Crippen molar-refractivity contribution in [1.82, 2.24) is 15.0 Å². The van der Waals surface area contributed by atoms with Crippen molar-refractivity contribution in [2.24, 2.45) is 7.05 Å². The van der Waals surface area contributed by atoms with Gasteiger partial charge < -0.3 is 19.1 Å². The first-order valence-electron chi connectivity index (χ1n) is 7.11. The van der Waals surface area contributed by atoms with Crippen LogP contribution in [0, 0.1) is 0 Å². The fourth-order valence-corrected chi connectivity index (χ4v) is 2.54. The molecule has 0 saturated carbocycles. The number of esters is 2. The summed E-state index contributed by atoms with van der Waals surface area (Å²) >= 11 is 0. The number of aryl methyl sites for hydroxylation is 1. The zero-order valence-corrected chi connectivity index (χ0v) is 13.5. The van der Waals surface area contributed by atoms with E-state index in [1.807, 2.05) is 6.07 Å². The predicted molar refractivity (Wildman–Crippen MR) is 82.9 cm³/mol. The predicted octanol–water partition coefficient (Wildman–Crippen LogP) is 0.362. The van der Waals surface area contributed by atoms with Crippen LogP contribution in [-0.4, -0.2) is 54.5 Å². The van der Waals surface area contributed by atoms with E-state index in [0.717, 1.165) is 5.52 Å². The number of carbonyl (C=O) groups excluding carboxylic acids is 2. The van der Waals surface area contributed by atoms with Gasteiger partial charge in [0.15, 0.2) is 0 Å². The standard InChI is InChI=1S/C15H16N4O5/c1-18-12-5-4-9(6-11(12)16-17-18)19-8-24-7-10(14(20)22-2)13(19)15(21)23-3/h4-6H,7-8H2,1-3H3. The third-order valence-electron chi connectivity index (χ3n) is 3.74. The molecule has 0 aliphatic carbocycles. The first-order valence-corrected chi connectivity index (χ1v) is 7.11. The maximum Gasteiger partial charge on any atom is 0.355 e. The van der Waals surface area contributed by atoms with Crippen LogP contribution in [0.1, 0.15) is 0 Å². The van der Waals surface area contributed by atoms with E-state index in [2.05, 4.69) is 10.3 Å². The van der Waals surface area contributed by atoms with E-state index in [1.165, 1.54) is 14.2 Å². The minimum absolute atomic E-state index is 0.0268. The number of benzene rings is 1. The van der Waals surface area contributed by atoms with Crippen molar-refractivity contribution in [3.05, 3.63) is 29.5 Å². The van der Waals surface area contributed by atoms with E-state index in [4.69, 9.17) is 14.2 Å². The highest BCUT2D eigenvalue weighted by atomic mass is 16.5. The zero-order valence-electron chi connectivity index (χ0n) is 13.5. The van der Waals surface area contributed by atoms with Gasteiger partial charge in [-0.3, -0.25) is 0 Å². The molecule has 0 spiro atoms. The lowest BCUT2D eigenvalue weighted by Gasteiger charge is -2.31. The van der Waals surface area contributed by atoms with E-state index < -0.39 is 11.9 Å². The van der Waals surface area contributed by atoms with Gasteiger partial charge >= 0.3 is 11.9 Å². The van der Waals surface area contributed by atoms with Gasteiger partial charge in [0.05, 0.1) is 31.9 Å². The molecule has 1 aliphatic heterocycles. The van der Waals surface area contributed by atoms with Crippen molar-refractivity contribution < 1.29 is 23.8 Å². The van der Waals surface area contributed by atoms with Crippen LogP contribution in [0.15, 0.2) is 29.5 Å². The molecule has 3 rings (SSSR count). The lowest BCUT2D eigenvalue weighted by atomic mass is 10.1. The lowest BCUT2D eigenvalue weighted by Crippen LogP contribution is -2.38. The Labute approximate surface area is 137 Å². The molecule has 1 aromatic carbocycles. The third-order valence-corrected chi connectivity index (χ3v) is 3.74. The molecule has 1 aromatic heterocycles. The average molecular weight is 332 g/mol. The van der Waals surface area contributed by atoms with Gasteiger partial charge in [-0.15, -0.1) is 5.10 Å². The van der Waals surface area contributed by atoms with Crippen LogP contribution < -0.4 is 4.90 Å². The molecule has 24 heavy (non-hydrogen) atoms. The fraction of sp³-hybridized carbons (Fsp3) is 0.333. The summed E-state index contributed by atoms with van der Waals surface area (Å²) in [7, 11) is 4.28. The summed E-state index contributed by atoms with van der Waals surface area (Å²) in [5.41, 5.74) is 2.33. The number of ether oxygens (including phenoxy) is 3. The van der Waals surface area contributed by atoms with Gasteiger partial charge in [0.1, 0.15) is 17.9 Å². The number of fused-ring (bicyclic) bond motifs is 1. The second-order valence-electron chi connectivity index (χ2n) is 5.10. The van der Waals surface area contributed by atoms with E-state index in [9.17, 15) is 9.59 Å². The number of hydrogen-bond acceptors (Lipinski definition) is 8. The fourth-order valence-electron chi connectivity index (χ4n) is 2.54. The number of hydrogen-bond donors (Lipinski definition) is 0. The van der Waals surface area contributed by atoms with Crippen molar-refractivity contribution in [2.45, 2.75) is 0 Å². The molecule has 0 N–H and O–H groups in total. The van der Waals surface area contributed by atoms with Crippen LogP contribution in [0.2, 0.25) is 0 Å². The molecular formula is C15H16N4O5. The van der Waals surface area contributed by atoms with Crippen LogP contribution >= 0.6 is 0 Å². The van der Waals surface area contributed by atoms with Gasteiger partial charge in [0.25, 0.3) is 0 Å². The first kappa shape index (κ1) is 15.9. The molecule has 9 heteroatoms. The Morgan fingerprint density at radius 2 is 1.96 bits per heavy atom. The molecule has 0 radical (unpaired) electrons. The van der Waals surface area contributed by atoms with E-state index in [1.54, 1.807) is 28.8 Å². The Morgan fingerprint density at radius 1 is 1.21 bits per heavy atom. The molecular weight excluding hydrogens is 316 g/mol. The second-order valence-corrected chi connectivity index (χ2v) is 5.10. The lowest BCUT2D eigenvalue weighted by molar-refractivity contribution is -0.140. The van der Waals surface area contributed by atoms with Gasteiger partial charge in [-0.2, -0.15) is 0 Å². The van der Waals surface area contributed by atoms with Crippen LogP contribution in [0.5, 0.6) is 0 Å². The molecule has 2 aromatic rings. The summed E-state index contributed by atoms with van der Waals surface area (Å²) < 4.78 is 16.6. The van der Waals surface area contributed by atoms with E-state index in [0.29, 0.717) is 11.2 Å². The summed E-state index contributed by atoms with van der Waals surface area (Å²) in [4.78, 5) is 25.8. The number of aromatic nitrogens is 3. The van der Waals surface area contributed by atoms with Crippen molar-refractivity contribution >= 4 is 28.7 Å². The summed E-state index contributed by atoms with van der Waals surface area (Å²) in [6.45, 7) is 0.0672. The molecule has 0 bridgehead atoms. The zero-order chi connectivity index (χ0) is 17.3. The number of nitrogens with zero attached hydrogens (tertiary/aromatic N) is 4. The highest BCUT2D eigenvalue weighted by molar-refractivity contribution is 6.03. The highest BCUT2D eigenvalue weighted by Gasteiger charge is 2.32. The Bertz CT molecular complexity index is 842. The van der Waals surface area contributed by atoms with Crippen molar-refractivity contribution in [1.29, 1.82) is 0 Å². The SMILES string of the molecule is COC(=O)C1=C(C(=O)OC)N(c2ccc3c(c2)nnn3C)COC1. The number of methoxy groups -OCH3 is 2. The number of rotatable bonds is 3. The van der Waals surface area contributed by atoms with Gasteiger partial charge in [-0.1, -0.05) is 5.21 Å². The molecule has 0 unspecified atom stereocenters. The average Bonchev–Trinajstić information content (AvgIpc) is 3.00. The van der Waals surface area contributed by atoms with Gasteiger partial charge in [-0.25, -0.2) is 14.3 Å². The normalized spacial score (nSPS) is 14.9.